The van der Waals surface area contributed by atoms with Gasteiger partial charge in [0, 0.05) is 0 Å². The molecule has 1 nitrogen and oxygen atoms in total. The largest absolute Gasteiger partial charge is 1.00 e. The monoisotopic (exact) mass is 305 g/mol. The van der Waals surface area contributed by atoms with Crippen LogP contribution in [-0.2, 0) is 0 Å². The lowest BCUT2D eigenvalue weighted by Crippen LogP contribution is -3.00. The summed E-state index contributed by atoms with van der Waals surface area (Å²) in [5.41, 5.74) is 0. The minimum absolute atomic E-state index is 0. The van der Waals surface area contributed by atoms with Crippen molar-refractivity contribution in [2.45, 2.75) is 76.7 Å². The summed E-state index contributed by atoms with van der Waals surface area (Å²) < 4.78 is 1.17. The van der Waals surface area contributed by atoms with E-state index in [-0.39, 0.29) is 17.0 Å². The summed E-state index contributed by atoms with van der Waals surface area (Å²) in [7, 11) is 7.11. The molecule has 0 aromatic heterocycles. The predicted octanol–water partition coefficient (Wildman–Crippen LogP) is 1.37. The number of halogens is 1. The SMILES string of the molecule is C[N+](C)(C)C1CCCCCCCCCCC1.[Br-]. The Balaban J connectivity index is 0.00000256. The van der Waals surface area contributed by atoms with Crippen molar-refractivity contribution in [1.29, 1.82) is 0 Å². The topological polar surface area (TPSA) is 0 Å². The lowest BCUT2D eigenvalue weighted by Gasteiger charge is -2.34. The molecule has 0 radical (unpaired) electrons. The zero-order valence-corrected chi connectivity index (χ0v) is 13.8. The molecular formula is C15H32BrN. The van der Waals surface area contributed by atoms with Crippen LogP contribution in [0.2, 0.25) is 0 Å². The van der Waals surface area contributed by atoms with Gasteiger partial charge in [-0.2, -0.15) is 0 Å². The van der Waals surface area contributed by atoms with Gasteiger partial charge in [0.15, 0.2) is 0 Å². The van der Waals surface area contributed by atoms with Crippen molar-refractivity contribution in [3.63, 3.8) is 0 Å². The molecule has 17 heavy (non-hydrogen) atoms. The van der Waals surface area contributed by atoms with E-state index in [0.717, 1.165) is 6.04 Å². The summed E-state index contributed by atoms with van der Waals surface area (Å²) in [6.45, 7) is 0. The van der Waals surface area contributed by atoms with E-state index < -0.39 is 0 Å². The van der Waals surface area contributed by atoms with Crippen LogP contribution in [0.5, 0.6) is 0 Å². The van der Waals surface area contributed by atoms with Gasteiger partial charge in [-0.05, 0) is 25.7 Å². The number of nitrogens with zero attached hydrogens (tertiary/aromatic N) is 1. The molecule has 0 aromatic carbocycles. The molecule has 0 bridgehead atoms. The highest BCUT2D eigenvalue weighted by molar-refractivity contribution is 4.61. The number of quaternary nitrogens is 1. The first-order valence-electron chi connectivity index (χ1n) is 7.42. The lowest BCUT2D eigenvalue weighted by molar-refractivity contribution is -0.896. The van der Waals surface area contributed by atoms with E-state index in [9.17, 15) is 0 Å². The van der Waals surface area contributed by atoms with Crippen LogP contribution in [0.25, 0.3) is 0 Å². The zero-order chi connectivity index (χ0) is 11.9. The fourth-order valence-electron chi connectivity index (χ4n) is 2.92. The molecule has 104 valence electrons. The molecule has 0 aliphatic heterocycles. The molecule has 1 aliphatic carbocycles. The summed E-state index contributed by atoms with van der Waals surface area (Å²) in [4.78, 5) is 0. The Kier molecular flexibility index (Phi) is 9.62. The number of hydrogen-bond acceptors (Lipinski definition) is 0. The third-order valence-corrected chi connectivity index (χ3v) is 4.17. The summed E-state index contributed by atoms with van der Waals surface area (Å²) in [6.07, 6.45) is 16.1. The molecule has 2 heteroatoms. The van der Waals surface area contributed by atoms with Gasteiger partial charge in [0.25, 0.3) is 0 Å². The van der Waals surface area contributed by atoms with Crippen molar-refractivity contribution in [1.82, 2.24) is 0 Å². The average molecular weight is 306 g/mol. The van der Waals surface area contributed by atoms with Gasteiger partial charge in [-0.15, -0.1) is 0 Å². The second-order valence-corrected chi connectivity index (χ2v) is 6.53. The fourth-order valence-corrected chi connectivity index (χ4v) is 2.92. The van der Waals surface area contributed by atoms with Crippen LogP contribution in [0.3, 0.4) is 0 Å². The van der Waals surface area contributed by atoms with Crippen LogP contribution in [0.4, 0.5) is 0 Å². The molecule has 1 aliphatic rings. The van der Waals surface area contributed by atoms with Gasteiger partial charge >= 0.3 is 0 Å². The van der Waals surface area contributed by atoms with Crippen molar-refractivity contribution in [2.75, 3.05) is 21.1 Å². The van der Waals surface area contributed by atoms with Gasteiger partial charge in [-0.25, -0.2) is 0 Å². The van der Waals surface area contributed by atoms with E-state index in [0.29, 0.717) is 0 Å². The Hall–Kier alpha value is 0.440. The zero-order valence-electron chi connectivity index (χ0n) is 12.2. The van der Waals surface area contributed by atoms with Crippen LogP contribution >= 0.6 is 0 Å². The van der Waals surface area contributed by atoms with Gasteiger partial charge in [0.05, 0.1) is 27.2 Å². The smallest absolute Gasteiger partial charge is 0.0884 e. The highest BCUT2D eigenvalue weighted by Crippen LogP contribution is 2.21. The van der Waals surface area contributed by atoms with E-state index in [1.807, 2.05) is 0 Å². The number of hydrogen-bond donors (Lipinski definition) is 0. The third-order valence-electron chi connectivity index (χ3n) is 4.17. The molecule has 0 amide bonds. The summed E-state index contributed by atoms with van der Waals surface area (Å²) in [5.74, 6) is 0. The minimum atomic E-state index is 0. The first-order chi connectivity index (χ1) is 7.61. The van der Waals surface area contributed by atoms with Gasteiger partial charge in [-0.1, -0.05) is 44.9 Å². The fraction of sp³-hybridized carbons (Fsp3) is 1.00. The number of rotatable bonds is 1. The maximum atomic E-state index is 2.37. The second-order valence-electron chi connectivity index (χ2n) is 6.53. The van der Waals surface area contributed by atoms with Crippen LogP contribution in [0, 0.1) is 0 Å². The molecular weight excluding hydrogens is 274 g/mol. The molecule has 1 rings (SSSR count). The Morgan fingerprint density at radius 3 is 1.18 bits per heavy atom. The molecule has 0 unspecified atom stereocenters. The van der Waals surface area contributed by atoms with Crippen molar-refractivity contribution >= 4 is 0 Å². The third kappa shape index (κ3) is 8.20. The van der Waals surface area contributed by atoms with E-state index >= 15 is 0 Å². The normalized spacial score (nSPS) is 22.1. The first-order valence-corrected chi connectivity index (χ1v) is 7.42. The Labute approximate surface area is 119 Å². The highest BCUT2D eigenvalue weighted by atomic mass is 79.9. The molecule has 1 fully saturated rings. The summed E-state index contributed by atoms with van der Waals surface area (Å²) in [5, 5.41) is 0. The highest BCUT2D eigenvalue weighted by Gasteiger charge is 2.22. The van der Waals surface area contributed by atoms with Gasteiger partial charge < -0.3 is 21.5 Å². The summed E-state index contributed by atoms with van der Waals surface area (Å²) in [6, 6.07) is 0.902. The minimum Gasteiger partial charge on any atom is -1.00 e. The van der Waals surface area contributed by atoms with Crippen LogP contribution in [0.1, 0.15) is 70.6 Å². The molecule has 0 spiro atoms. The van der Waals surface area contributed by atoms with Gasteiger partial charge in [0.2, 0.25) is 0 Å². The van der Waals surface area contributed by atoms with E-state index in [1.54, 1.807) is 0 Å². The van der Waals surface area contributed by atoms with E-state index in [4.69, 9.17) is 0 Å². The van der Waals surface area contributed by atoms with Crippen LogP contribution < -0.4 is 17.0 Å². The molecule has 0 aromatic rings. The summed E-state index contributed by atoms with van der Waals surface area (Å²) >= 11 is 0. The average Bonchev–Trinajstić information content (AvgIpc) is 2.16. The molecule has 0 saturated heterocycles. The van der Waals surface area contributed by atoms with Crippen LogP contribution in [0.15, 0.2) is 0 Å². The van der Waals surface area contributed by atoms with Crippen molar-refractivity contribution in [3.05, 3.63) is 0 Å². The molecule has 0 atom stereocenters. The van der Waals surface area contributed by atoms with Crippen molar-refractivity contribution in [3.8, 4) is 0 Å². The van der Waals surface area contributed by atoms with Crippen molar-refractivity contribution < 1.29 is 21.5 Å². The Bertz CT molecular complexity index is 162. The first kappa shape index (κ1) is 17.4. The Morgan fingerprint density at radius 2 is 0.882 bits per heavy atom. The quantitative estimate of drug-likeness (QED) is 0.642. The van der Waals surface area contributed by atoms with Crippen LogP contribution in [-0.4, -0.2) is 31.7 Å². The maximum absolute atomic E-state index is 2.37. The van der Waals surface area contributed by atoms with Gasteiger partial charge in [-0.3, -0.25) is 0 Å². The lowest BCUT2D eigenvalue weighted by atomic mass is 9.96. The second kappa shape index (κ2) is 9.38. The van der Waals surface area contributed by atoms with E-state index in [1.165, 1.54) is 75.1 Å². The van der Waals surface area contributed by atoms with Crippen molar-refractivity contribution in [2.24, 2.45) is 0 Å². The molecule has 0 N–H and O–H groups in total. The standard InChI is InChI=1S/C15H32N.BrH/c1-16(2,3)15-13-11-9-7-5-4-6-8-10-12-14-15;/h15H,4-14H2,1-3H3;1H/q+1;/p-1. The predicted molar refractivity (Wildman–Crippen MR) is 72.6 cm³/mol. The molecule has 0 heterocycles. The maximum Gasteiger partial charge on any atom is 0.0884 e. The Morgan fingerprint density at radius 1 is 0.588 bits per heavy atom. The molecule has 1 saturated carbocycles. The van der Waals surface area contributed by atoms with Gasteiger partial charge in [0.1, 0.15) is 0 Å². The van der Waals surface area contributed by atoms with E-state index in [2.05, 4.69) is 21.1 Å².